The van der Waals surface area contributed by atoms with Crippen LogP contribution in [0.15, 0.2) is 34.5 Å². The summed E-state index contributed by atoms with van der Waals surface area (Å²) in [5.41, 5.74) is 10.7. The molecular weight excluding hydrogens is 204 g/mol. The highest BCUT2D eigenvalue weighted by molar-refractivity contribution is 5.85. The third-order valence-electron chi connectivity index (χ3n) is 1.31. The summed E-state index contributed by atoms with van der Waals surface area (Å²) in [6, 6.07) is 6.74. The molecule has 5 N–H and O–H groups in total. The first-order chi connectivity index (χ1) is 6.20. The van der Waals surface area contributed by atoms with Gasteiger partial charge in [0, 0.05) is 5.56 Å². The van der Waals surface area contributed by atoms with E-state index in [1.807, 2.05) is 0 Å². The van der Waals surface area contributed by atoms with Crippen molar-refractivity contribution in [1.29, 1.82) is 0 Å². The van der Waals surface area contributed by atoms with E-state index in [9.17, 15) is 5.11 Å². The number of halogens is 1. The standard InChI is InChI=1S/C8H10N4O.ClH/c9-8(10)12-11-5-6-3-1-2-4-7(6)13;/h1-5,13H,(H4,9,10,12);1H. The zero-order chi connectivity index (χ0) is 9.68. The van der Waals surface area contributed by atoms with E-state index >= 15 is 0 Å². The summed E-state index contributed by atoms with van der Waals surface area (Å²) in [7, 11) is 0. The first-order valence-corrected chi connectivity index (χ1v) is 3.60. The van der Waals surface area contributed by atoms with Crippen molar-refractivity contribution in [2.45, 2.75) is 0 Å². The van der Waals surface area contributed by atoms with Gasteiger partial charge in [-0.1, -0.05) is 12.1 Å². The van der Waals surface area contributed by atoms with E-state index in [0.29, 0.717) is 5.56 Å². The lowest BCUT2D eigenvalue weighted by Gasteiger charge is -1.94. The number of aromatic hydroxyl groups is 1. The van der Waals surface area contributed by atoms with Gasteiger partial charge in [-0.3, -0.25) is 0 Å². The molecule has 0 saturated heterocycles. The van der Waals surface area contributed by atoms with Gasteiger partial charge >= 0.3 is 0 Å². The molecule has 0 aliphatic heterocycles. The van der Waals surface area contributed by atoms with Gasteiger partial charge in [0.25, 0.3) is 0 Å². The summed E-state index contributed by atoms with van der Waals surface area (Å²) in [4.78, 5) is 0. The van der Waals surface area contributed by atoms with Gasteiger partial charge in [-0.15, -0.1) is 17.5 Å². The number of para-hydroxylation sites is 1. The maximum absolute atomic E-state index is 9.27. The summed E-state index contributed by atoms with van der Waals surface area (Å²) in [5.74, 6) is 0.0173. The van der Waals surface area contributed by atoms with Crippen LogP contribution < -0.4 is 11.5 Å². The van der Waals surface area contributed by atoms with Crippen molar-refractivity contribution < 1.29 is 5.11 Å². The topological polar surface area (TPSA) is 97.0 Å². The predicted molar refractivity (Wildman–Crippen MR) is 58.8 cm³/mol. The lowest BCUT2D eigenvalue weighted by molar-refractivity contribution is 0.474. The predicted octanol–water partition coefficient (Wildman–Crippen LogP) is 0.421. The molecule has 76 valence electrons. The van der Waals surface area contributed by atoms with Crippen molar-refractivity contribution in [3.05, 3.63) is 29.8 Å². The van der Waals surface area contributed by atoms with Crippen LogP contribution in [0.1, 0.15) is 5.56 Å². The third-order valence-corrected chi connectivity index (χ3v) is 1.31. The molecule has 1 aromatic carbocycles. The molecule has 0 amide bonds. The normalized spacial score (nSPS) is 9.43. The lowest BCUT2D eigenvalue weighted by Crippen LogP contribution is -2.21. The minimum atomic E-state index is -0.119. The number of rotatable bonds is 2. The van der Waals surface area contributed by atoms with Crippen molar-refractivity contribution in [3.8, 4) is 5.75 Å². The molecule has 0 aliphatic rings. The van der Waals surface area contributed by atoms with E-state index in [-0.39, 0.29) is 24.1 Å². The average Bonchev–Trinajstić information content (AvgIpc) is 2.08. The molecule has 0 saturated carbocycles. The Hall–Kier alpha value is -1.75. The molecule has 0 spiro atoms. The van der Waals surface area contributed by atoms with Gasteiger partial charge in [-0.05, 0) is 12.1 Å². The number of guanidine groups is 1. The summed E-state index contributed by atoms with van der Waals surface area (Å²) < 4.78 is 0. The van der Waals surface area contributed by atoms with Crippen molar-refractivity contribution in [2.24, 2.45) is 21.7 Å². The molecule has 14 heavy (non-hydrogen) atoms. The number of phenolic OH excluding ortho intramolecular Hbond substituents is 1. The van der Waals surface area contributed by atoms with Crippen LogP contribution in [-0.4, -0.2) is 17.3 Å². The van der Waals surface area contributed by atoms with Crippen molar-refractivity contribution in [3.63, 3.8) is 0 Å². The SMILES string of the molecule is Cl.NC(N)=NN=Cc1ccccc1O. The highest BCUT2D eigenvalue weighted by Gasteiger charge is 1.93. The maximum Gasteiger partial charge on any atom is 0.211 e. The number of phenols is 1. The van der Waals surface area contributed by atoms with E-state index in [4.69, 9.17) is 11.5 Å². The average molecular weight is 215 g/mol. The summed E-state index contributed by atoms with van der Waals surface area (Å²) in [6.45, 7) is 0. The van der Waals surface area contributed by atoms with Crippen LogP contribution >= 0.6 is 12.4 Å². The van der Waals surface area contributed by atoms with Crippen LogP contribution in [0, 0.1) is 0 Å². The molecule has 1 aromatic rings. The minimum Gasteiger partial charge on any atom is -0.507 e. The Morgan fingerprint density at radius 3 is 2.50 bits per heavy atom. The Kier molecular flexibility index (Phi) is 5.09. The maximum atomic E-state index is 9.27. The summed E-state index contributed by atoms with van der Waals surface area (Å²) in [6.07, 6.45) is 1.37. The molecule has 0 aliphatic carbocycles. The van der Waals surface area contributed by atoms with E-state index < -0.39 is 0 Å². The molecule has 0 radical (unpaired) electrons. The fourth-order valence-corrected chi connectivity index (χ4v) is 0.754. The van der Waals surface area contributed by atoms with E-state index in [0.717, 1.165) is 0 Å². The molecule has 0 unspecified atom stereocenters. The van der Waals surface area contributed by atoms with Gasteiger partial charge in [0.2, 0.25) is 5.96 Å². The molecule has 6 heteroatoms. The van der Waals surface area contributed by atoms with E-state index in [1.54, 1.807) is 24.3 Å². The highest BCUT2D eigenvalue weighted by Crippen LogP contribution is 2.12. The van der Waals surface area contributed by atoms with Crippen LogP contribution in [0.4, 0.5) is 0 Å². The Bertz CT molecular complexity index is 347. The van der Waals surface area contributed by atoms with Crippen LogP contribution in [0.5, 0.6) is 5.75 Å². The molecule has 0 fully saturated rings. The van der Waals surface area contributed by atoms with Gasteiger partial charge in [-0.2, -0.15) is 5.10 Å². The molecule has 0 atom stereocenters. The summed E-state index contributed by atoms with van der Waals surface area (Å²) in [5, 5.41) is 16.2. The summed E-state index contributed by atoms with van der Waals surface area (Å²) >= 11 is 0. The van der Waals surface area contributed by atoms with Gasteiger partial charge in [0.1, 0.15) is 5.75 Å². The van der Waals surface area contributed by atoms with Crippen LogP contribution in [-0.2, 0) is 0 Å². The van der Waals surface area contributed by atoms with Gasteiger partial charge in [-0.25, -0.2) is 0 Å². The number of benzene rings is 1. The number of nitrogens with two attached hydrogens (primary N) is 2. The highest BCUT2D eigenvalue weighted by atomic mass is 35.5. The molecular formula is C8H11ClN4O. The molecule has 0 bridgehead atoms. The Balaban J connectivity index is 0.00000169. The Labute approximate surface area is 87.5 Å². The largest absolute Gasteiger partial charge is 0.507 e. The molecule has 0 heterocycles. The number of hydrogen-bond donors (Lipinski definition) is 3. The zero-order valence-electron chi connectivity index (χ0n) is 7.29. The molecule has 1 rings (SSSR count). The second-order valence-corrected chi connectivity index (χ2v) is 2.33. The lowest BCUT2D eigenvalue weighted by atomic mass is 10.2. The van der Waals surface area contributed by atoms with Crippen molar-refractivity contribution in [1.82, 2.24) is 0 Å². The number of nitrogens with zero attached hydrogens (tertiary/aromatic N) is 2. The second kappa shape index (κ2) is 5.82. The van der Waals surface area contributed by atoms with E-state index in [1.165, 1.54) is 6.21 Å². The minimum absolute atomic E-state index is 0. The zero-order valence-corrected chi connectivity index (χ0v) is 8.11. The Morgan fingerprint density at radius 2 is 1.93 bits per heavy atom. The second-order valence-electron chi connectivity index (χ2n) is 2.33. The van der Waals surface area contributed by atoms with Gasteiger partial charge in [0.15, 0.2) is 0 Å². The van der Waals surface area contributed by atoms with Crippen LogP contribution in [0.2, 0.25) is 0 Å². The van der Waals surface area contributed by atoms with Crippen molar-refractivity contribution >= 4 is 24.6 Å². The smallest absolute Gasteiger partial charge is 0.211 e. The first kappa shape index (κ1) is 12.2. The fraction of sp³-hybridized carbons (Fsp3) is 0. The van der Waals surface area contributed by atoms with Gasteiger partial charge < -0.3 is 16.6 Å². The van der Waals surface area contributed by atoms with Crippen LogP contribution in [0.25, 0.3) is 0 Å². The van der Waals surface area contributed by atoms with Crippen molar-refractivity contribution in [2.75, 3.05) is 0 Å². The van der Waals surface area contributed by atoms with E-state index in [2.05, 4.69) is 10.2 Å². The number of hydrogen-bond acceptors (Lipinski definition) is 3. The monoisotopic (exact) mass is 214 g/mol. The van der Waals surface area contributed by atoms with Crippen LogP contribution in [0.3, 0.4) is 0 Å². The first-order valence-electron chi connectivity index (χ1n) is 3.60. The quantitative estimate of drug-likeness (QED) is 0.378. The fourth-order valence-electron chi connectivity index (χ4n) is 0.754. The third kappa shape index (κ3) is 3.77. The molecule has 0 aromatic heterocycles. The van der Waals surface area contributed by atoms with Gasteiger partial charge in [0.05, 0.1) is 6.21 Å². The molecule has 5 nitrogen and oxygen atoms in total. The Morgan fingerprint density at radius 1 is 1.29 bits per heavy atom.